The Morgan fingerprint density at radius 1 is 1.17 bits per heavy atom. The van der Waals surface area contributed by atoms with Crippen LogP contribution in [0, 0.1) is 4.91 Å². The zero-order valence-electron chi connectivity index (χ0n) is 6.81. The lowest BCUT2D eigenvalue weighted by Gasteiger charge is -2.31. The predicted molar refractivity (Wildman–Crippen MR) is 48.0 cm³/mol. The van der Waals surface area contributed by atoms with Crippen LogP contribution in [0.1, 0.15) is 24.3 Å². The fourth-order valence-corrected chi connectivity index (χ4v) is 1.70. The topological polar surface area (TPSA) is 29.4 Å². The fourth-order valence-electron chi connectivity index (χ4n) is 1.70. The van der Waals surface area contributed by atoms with Crippen LogP contribution in [0.25, 0.3) is 0 Å². The standard InChI is InChI=1S/C10H11NO/c12-11-10-7-6-9(10)8-4-2-1-3-5-8/h1-5,9-10H,6-7H2. The van der Waals surface area contributed by atoms with E-state index in [2.05, 4.69) is 17.3 Å². The Morgan fingerprint density at radius 3 is 2.42 bits per heavy atom. The van der Waals surface area contributed by atoms with Gasteiger partial charge in [0.1, 0.15) is 0 Å². The summed E-state index contributed by atoms with van der Waals surface area (Å²) in [4.78, 5) is 10.3. The number of hydrogen-bond donors (Lipinski definition) is 0. The number of nitrogens with zero attached hydrogens (tertiary/aromatic N) is 1. The van der Waals surface area contributed by atoms with E-state index in [1.165, 1.54) is 5.56 Å². The first-order valence-corrected chi connectivity index (χ1v) is 4.29. The Hall–Kier alpha value is -1.18. The maximum absolute atomic E-state index is 10.3. The van der Waals surface area contributed by atoms with Gasteiger partial charge in [0.15, 0.2) is 0 Å². The van der Waals surface area contributed by atoms with Gasteiger partial charge in [-0.1, -0.05) is 35.5 Å². The summed E-state index contributed by atoms with van der Waals surface area (Å²) in [6.45, 7) is 0. The number of hydrogen-bond acceptors (Lipinski definition) is 2. The Morgan fingerprint density at radius 2 is 1.92 bits per heavy atom. The zero-order chi connectivity index (χ0) is 8.39. The van der Waals surface area contributed by atoms with Gasteiger partial charge in [-0.2, -0.15) is 4.91 Å². The summed E-state index contributed by atoms with van der Waals surface area (Å²) < 4.78 is 0. The molecule has 0 heterocycles. The van der Waals surface area contributed by atoms with Crippen molar-refractivity contribution in [3.8, 4) is 0 Å². The molecule has 0 N–H and O–H groups in total. The maximum atomic E-state index is 10.3. The lowest BCUT2D eigenvalue weighted by molar-refractivity contribution is 0.347. The van der Waals surface area contributed by atoms with Crippen molar-refractivity contribution in [3.05, 3.63) is 40.8 Å². The number of nitroso groups, excluding NO2 is 1. The van der Waals surface area contributed by atoms with Crippen LogP contribution in [-0.2, 0) is 0 Å². The first-order valence-electron chi connectivity index (χ1n) is 4.29. The SMILES string of the molecule is O=NC1CCC1c1ccccc1. The molecule has 2 heteroatoms. The van der Waals surface area contributed by atoms with Crippen molar-refractivity contribution in [2.24, 2.45) is 5.18 Å². The molecule has 0 aliphatic heterocycles. The lowest BCUT2D eigenvalue weighted by Crippen LogP contribution is -2.26. The van der Waals surface area contributed by atoms with E-state index < -0.39 is 0 Å². The Kier molecular flexibility index (Phi) is 1.90. The van der Waals surface area contributed by atoms with E-state index in [1.807, 2.05) is 18.2 Å². The average Bonchev–Trinajstić information content (AvgIpc) is 2.05. The molecule has 0 saturated heterocycles. The van der Waals surface area contributed by atoms with Crippen molar-refractivity contribution in [3.63, 3.8) is 0 Å². The fraction of sp³-hybridized carbons (Fsp3) is 0.400. The van der Waals surface area contributed by atoms with Gasteiger partial charge in [-0.25, -0.2) is 0 Å². The van der Waals surface area contributed by atoms with Gasteiger partial charge in [0.25, 0.3) is 0 Å². The Balaban J connectivity index is 2.16. The maximum Gasteiger partial charge on any atom is 0.0988 e. The molecule has 1 fully saturated rings. The summed E-state index contributed by atoms with van der Waals surface area (Å²) in [5, 5.41) is 3.10. The summed E-state index contributed by atoms with van der Waals surface area (Å²) in [5.74, 6) is 0.392. The average molecular weight is 161 g/mol. The van der Waals surface area contributed by atoms with Crippen LogP contribution < -0.4 is 0 Å². The van der Waals surface area contributed by atoms with Gasteiger partial charge >= 0.3 is 0 Å². The molecule has 0 aromatic heterocycles. The number of benzene rings is 1. The van der Waals surface area contributed by atoms with Gasteiger partial charge in [-0.05, 0) is 18.4 Å². The van der Waals surface area contributed by atoms with E-state index in [4.69, 9.17) is 0 Å². The normalized spacial score (nSPS) is 27.7. The summed E-state index contributed by atoms with van der Waals surface area (Å²) in [7, 11) is 0. The third kappa shape index (κ3) is 1.13. The predicted octanol–water partition coefficient (Wildman–Crippen LogP) is 2.70. The molecule has 2 atom stereocenters. The molecule has 1 aliphatic carbocycles. The van der Waals surface area contributed by atoms with Gasteiger partial charge in [-0.15, -0.1) is 0 Å². The third-order valence-corrected chi connectivity index (χ3v) is 2.60. The summed E-state index contributed by atoms with van der Waals surface area (Å²) in [5.41, 5.74) is 1.26. The minimum atomic E-state index is 0.0346. The molecular weight excluding hydrogens is 150 g/mol. The summed E-state index contributed by atoms with van der Waals surface area (Å²) in [6.07, 6.45) is 2.07. The molecule has 0 amide bonds. The van der Waals surface area contributed by atoms with Gasteiger partial charge in [0.2, 0.25) is 0 Å². The van der Waals surface area contributed by atoms with Crippen LogP contribution in [-0.4, -0.2) is 6.04 Å². The van der Waals surface area contributed by atoms with E-state index in [0.29, 0.717) is 5.92 Å². The second-order valence-electron chi connectivity index (χ2n) is 3.27. The largest absolute Gasteiger partial charge is 0.150 e. The van der Waals surface area contributed by atoms with Gasteiger partial charge in [0.05, 0.1) is 6.04 Å². The molecule has 1 aromatic carbocycles. The highest BCUT2D eigenvalue weighted by Crippen LogP contribution is 2.38. The van der Waals surface area contributed by atoms with Crippen molar-refractivity contribution in [2.45, 2.75) is 24.8 Å². The van der Waals surface area contributed by atoms with E-state index >= 15 is 0 Å². The van der Waals surface area contributed by atoms with E-state index in [0.717, 1.165) is 12.8 Å². The van der Waals surface area contributed by atoms with Crippen LogP contribution in [0.3, 0.4) is 0 Å². The molecule has 2 unspecified atom stereocenters. The van der Waals surface area contributed by atoms with Crippen LogP contribution in [0.15, 0.2) is 35.5 Å². The molecule has 2 rings (SSSR count). The van der Waals surface area contributed by atoms with Crippen molar-refractivity contribution >= 4 is 0 Å². The minimum Gasteiger partial charge on any atom is -0.150 e. The Labute approximate surface area is 71.6 Å². The molecule has 12 heavy (non-hydrogen) atoms. The highest BCUT2D eigenvalue weighted by atomic mass is 16.3. The van der Waals surface area contributed by atoms with E-state index in [-0.39, 0.29) is 6.04 Å². The van der Waals surface area contributed by atoms with Crippen LogP contribution in [0.2, 0.25) is 0 Å². The third-order valence-electron chi connectivity index (χ3n) is 2.60. The monoisotopic (exact) mass is 161 g/mol. The molecule has 0 radical (unpaired) electrons. The molecule has 0 bridgehead atoms. The zero-order valence-corrected chi connectivity index (χ0v) is 6.81. The van der Waals surface area contributed by atoms with Crippen LogP contribution in [0.4, 0.5) is 0 Å². The van der Waals surface area contributed by atoms with Crippen molar-refractivity contribution < 1.29 is 0 Å². The first-order chi connectivity index (χ1) is 5.92. The highest BCUT2D eigenvalue weighted by molar-refractivity contribution is 5.23. The lowest BCUT2D eigenvalue weighted by atomic mass is 9.76. The summed E-state index contributed by atoms with van der Waals surface area (Å²) >= 11 is 0. The molecule has 1 aromatic rings. The van der Waals surface area contributed by atoms with Crippen molar-refractivity contribution in [1.29, 1.82) is 0 Å². The summed E-state index contributed by atoms with van der Waals surface area (Å²) in [6, 6.07) is 10.2. The second kappa shape index (κ2) is 3.05. The molecular formula is C10H11NO. The van der Waals surface area contributed by atoms with Crippen LogP contribution in [0.5, 0.6) is 0 Å². The molecule has 1 aliphatic rings. The quantitative estimate of drug-likeness (QED) is 0.613. The van der Waals surface area contributed by atoms with E-state index in [9.17, 15) is 4.91 Å². The van der Waals surface area contributed by atoms with Gasteiger partial charge in [0, 0.05) is 5.92 Å². The molecule has 62 valence electrons. The Bertz CT molecular complexity index is 270. The number of rotatable bonds is 2. The van der Waals surface area contributed by atoms with Gasteiger partial charge in [-0.3, -0.25) is 0 Å². The minimum absolute atomic E-state index is 0.0346. The molecule has 2 nitrogen and oxygen atoms in total. The van der Waals surface area contributed by atoms with Gasteiger partial charge < -0.3 is 0 Å². The van der Waals surface area contributed by atoms with Crippen LogP contribution >= 0.6 is 0 Å². The smallest absolute Gasteiger partial charge is 0.0988 e. The highest BCUT2D eigenvalue weighted by Gasteiger charge is 2.32. The second-order valence-corrected chi connectivity index (χ2v) is 3.27. The molecule has 1 saturated carbocycles. The molecule has 0 spiro atoms. The van der Waals surface area contributed by atoms with E-state index in [1.54, 1.807) is 0 Å². The first kappa shape index (κ1) is 7.47. The van der Waals surface area contributed by atoms with Crippen molar-refractivity contribution in [1.82, 2.24) is 0 Å². The van der Waals surface area contributed by atoms with Crippen molar-refractivity contribution in [2.75, 3.05) is 0 Å².